The van der Waals surface area contributed by atoms with Crippen LogP contribution in [0.2, 0.25) is 0 Å². The fraction of sp³-hybridized carbons (Fsp3) is 0. The van der Waals surface area contributed by atoms with Crippen molar-refractivity contribution in [3.8, 4) is 28.5 Å². The van der Waals surface area contributed by atoms with Crippen LogP contribution in [0.3, 0.4) is 0 Å². The Morgan fingerprint density at radius 1 is 0.818 bits per heavy atom. The van der Waals surface area contributed by atoms with E-state index < -0.39 is 0 Å². The van der Waals surface area contributed by atoms with Crippen LogP contribution in [0.5, 0.6) is 0 Å². The van der Waals surface area contributed by atoms with Gasteiger partial charge in [0, 0.05) is 23.5 Å². The van der Waals surface area contributed by atoms with E-state index in [-0.39, 0.29) is 0 Å². The first-order valence-corrected chi connectivity index (χ1v) is 6.60. The van der Waals surface area contributed by atoms with Crippen molar-refractivity contribution in [2.45, 2.75) is 0 Å². The van der Waals surface area contributed by atoms with Crippen LogP contribution >= 0.6 is 0 Å². The van der Waals surface area contributed by atoms with Gasteiger partial charge in [-0.15, -0.1) is 0 Å². The zero-order valence-corrected chi connectivity index (χ0v) is 11.6. The summed E-state index contributed by atoms with van der Waals surface area (Å²) in [5, 5.41) is 8.76. The van der Waals surface area contributed by atoms with Gasteiger partial charge in [-0.3, -0.25) is 4.98 Å². The standard InChI is InChI=1S/C18H10N4/c1-20-16-6-2-13(3-7-16)18-9-5-15(12-22-18)14-4-8-17(10-19)21-11-14/h2-9,11-12H. The van der Waals surface area contributed by atoms with Crippen molar-refractivity contribution in [1.29, 1.82) is 5.26 Å². The molecule has 0 aliphatic heterocycles. The quantitative estimate of drug-likeness (QED) is 0.661. The Morgan fingerprint density at radius 2 is 1.45 bits per heavy atom. The Labute approximate surface area is 128 Å². The molecule has 0 fully saturated rings. The van der Waals surface area contributed by atoms with Crippen LogP contribution in [0.1, 0.15) is 5.69 Å². The largest absolute Gasteiger partial charge is 0.256 e. The molecule has 3 aromatic rings. The molecule has 0 saturated heterocycles. The van der Waals surface area contributed by atoms with E-state index >= 15 is 0 Å². The van der Waals surface area contributed by atoms with Crippen LogP contribution in [0.15, 0.2) is 60.9 Å². The lowest BCUT2D eigenvalue weighted by molar-refractivity contribution is 1.26. The van der Waals surface area contributed by atoms with Crippen molar-refractivity contribution in [3.63, 3.8) is 0 Å². The molecule has 2 aromatic heterocycles. The minimum atomic E-state index is 0.397. The van der Waals surface area contributed by atoms with Gasteiger partial charge >= 0.3 is 0 Å². The number of aromatic nitrogens is 2. The number of pyridine rings is 2. The molecule has 0 aliphatic carbocycles. The molecular formula is C18H10N4. The molecule has 0 aliphatic rings. The van der Waals surface area contributed by atoms with Crippen molar-refractivity contribution in [3.05, 3.63) is 78.0 Å². The van der Waals surface area contributed by atoms with E-state index in [0.717, 1.165) is 22.4 Å². The summed E-state index contributed by atoms with van der Waals surface area (Å²) in [5.74, 6) is 0. The first kappa shape index (κ1) is 13.5. The summed E-state index contributed by atoms with van der Waals surface area (Å²) < 4.78 is 0. The van der Waals surface area contributed by atoms with Gasteiger partial charge in [-0.1, -0.05) is 30.3 Å². The maximum atomic E-state index is 8.76. The summed E-state index contributed by atoms with van der Waals surface area (Å²) in [5.41, 5.74) is 4.69. The van der Waals surface area contributed by atoms with Gasteiger partial charge in [0.15, 0.2) is 5.69 Å². The fourth-order valence-electron chi connectivity index (χ4n) is 2.07. The topological polar surface area (TPSA) is 53.9 Å². The van der Waals surface area contributed by atoms with Gasteiger partial charge in [-0.05, 0) is 23.8 Å². The third kappa shape index (κ3) is 2.67. The second-order valence-electron chi connectivity index (χ2n) is 4.63. The zero-order valence-electron chi connectivity index (χ0n) is 11.6. The predicted molar refractivity (Wildman–Crippen MR) is 83.9 cm³/mol. The van der Waals surface area contributed by atoms with Gasteiger partial charge in [-0.2, -0.15) is 5.26 Å². The number of nitrogens with zero attached hydrogens (tertiary/aromatic N) is 4. The van der Waals surface area contributed by atoms with E-state index in [1.807, 2.05) is 36.4 Å². The number of hydrogen-bond acceptors (Lipinski definition) is 3. The molecule has 1 aromatic carbocycles. The fourth-order valence-corrected chi connectivity index (χ4v) is 2.07. The Morgan fingerprint density at radius 3 is 1.95 bits per heavy atom. The predicted octanol–water partition coefficient (Wildman–Crippen LogP) is 4.23. The molecular weight excluding hydrogens is 272 g/mol. The van der Waals surface area contributed by atoms with E-state index in [0.29, 0.717) is 11.4 Å². The van der Waals surface area contributed by atoms with Gasteiger partial charge in [0.2, 0.25) is 0 Å². The van der Waals surface area contributed by atoms with Gasteiger partial charge in [0.05, 0.1) is 12.3 Å². The minimum Gasteiger partial charge on any atom is -0.256 e. The van der Waals surface area contributed by atoms with E-state index in [1.165, 1.54) is 0 Å². The summed E-state index contributed by atoms with van der Waals surface area (Å²) in [6, 6.07) is 16.8. The average molecular weight is 282 g/mol. The van der Waals surface area contributed by atoms with Crippen molar-refractivity contribution >= 4 is 5.69 Å². The number of nitriles is 1. The van der Waals surface area contributed by atoms with Crippen LogP contribution < -0.4 is 0 Å². The SMILES string of the molecule is [C-]#[N+]c1ccc(-c2ccc(-c3ccc(C#N)nc3)cn2)cc1. The second kappa shape index (κ2) is 5.87. The first-order chi connectivity index (χ1) is 10.8. The maximum absolute atomic E-state index is 8.76. The van der Waals surface area contributed by atoms with E-state index in [4.69, 9.17) is 11.8 Å². The van der Waals surface area contributed by atoms with Crippen LogP contribution in [-0.2, 0) is 0 Å². The molecule has 4 heteroatoms. The normalized spacial score (nSPS) is 9.73. The third-order valence-electron chi connectivity index (χ3n) is 3.27. The molecule has 0 N–H and O–H groups in total. The number of benzene rings is 1. The molecule has 22 heavy (non-hydrogen) atoms. The highest BCUT2D eigenvalue weighted by Gasteiger charge is 2.03. The lowest BCUT2D eigenvalue weighted by Crippen LogP contribution is -1.87. The average Bonchev–Trinajstić information content (AvgIpc) is 2.62. The number of rotatable bonds is 2. The molecule has 0 saturated carbocycles. The van der Waals surface area contributed by atoms with Crippen molar-refractivity contribution in [2.75, 3.05) is 0 Å². The highest BCUT2D eigenvalue weighted by atomic mass is 14.7. The van der Waals surface area contributed by atoms with E-state index in [1.54, 1.807) is 30.6 Å². The molecule has 102 valence electrons. The van der Waals surface area contributed by atoms with E-state index in [9.17, 15) is 0 Å². The molecule has 4 nitrogen and oxygen atoms in total. The molecule has 0 atom stereocenters. The summed E-state index contributed by atoms with van der Waals surface area (Å²) in [7, 11) is 0. The van der Waals surface area contributed by atoms with E-state index in [2.05, 4.69) is 14.8 Å². The first-order valence-electron chi connectivity index (χ1n) is 6.60. The van der Waals surface area contributed by atoms with Crippen LogP contribution in [0, 0.1) is 17.9 Å². The van der Waals surface area contributed by atoms with Crippen LogP contribution in [0.25, 0.3) is 27.2 Å². The van der Waals surface area contributed by atoms with Crippen molar-refractivity contribution in [1.82, 2.24) is 9.97 Å². The molecule has 3 rings (SSSR count). The van der Waals surface area contributed by atoms with Gasteiger partial charge < -0.3 is 0 Å². The van der Waals surface area contributed by atoms with Crippen molar-refractivity contribution in [2.24, 2.45) is 0 Å². The summed E-state index contributed by atoms with van der Waals surface area (Å²) in [6.45, 7) is 6.95. The van der Waals surface area contributed by atoms with Crippen LogP contribution in [-0.4, -0.2) is 9.97 Å². The second-order valence-corrected chi connectivity index (χ2v) is 4.63. The lowest BCUT2D eigenvalue weighted by Gasteiger charge is -2.04. The molecule has 0 amide bonds. The molecule has 0 radical (unpaired) electrons. The number of hydrogen-bond donors (Lipinski definition) is 0. The summed E-state index contributed by atoms with van der Waals surface area (Å²) in [4.78, 5) is 11.9. The lowest BCUT2D eigenvalue weighted by atomic mass is 10.1. The zero-order chi connectivity index (χ0) is 15.4. The van der Waals surface area contributed by atoms with Crippen LogP contribution in [0.4, 0.5) is 5.69 Å². The Bertz CT molecular complexity index is 788. The summed E-state index contributed by atoms with van der Waals surface area (Å²) >= 11 is 0. The molecule has 2 heterocycles. The molecule has 0 unspecified atom stereocenters. The Balaban J connectivity index is 1.88. The Hall–Kier alpha value is -3.50. The highest BCUT2D eigenvalue weighted by Crippen LogP contribution is 2.24. The van der Waals surface area contributed by atoms with Gasteiger partial charge in [0.1, 0.15) is 11.8 Å². The van der Waals surface area contributed by atoms with Gasteiger partial charge in [-0.25, -0.2) is 9.83 Å². The Kier molecular flexibility index (Phi) is 3.59. The minimum absolute atomic E-state index is 0.397. The molecule has 0 spiro atoms. The summed E-state index contributed by atoms with van der Waals surface area (Å²) in [6.07, 6.45) is 3.45. The third-order valence-corrected chi connectivity index (χ3v) is 3.27. The highest BCUT2D eigenvalue weighted by molar-refractivity contribution is 5.67. The molecule has 0 bridgehead atoms. The maximum Gasteiger partial charge on any atom is 0.187 e. The monoisotopic (exact) mass is 282 g/mol. The van der Waals surface area contributed by atoms with Crippen molar-refractivity contribution < 1.29 is 0 Å². The smallest absolute Gasteiger partial charge is 0.187 e. The van der Waals surface area contributed by atoms with Gasteiger partial charge in [0.25, 0.3) is 0 Å².